The average molecular weight is 274 g/mol. The zero-order valence-electron chi connectivity index (χ0n) is 11.6. The van der Waals surface area contributed by atoms with Crippen LogP contribution in [0.3, 0.4) is 0 Å². The summed E-state index contributed by atoms with van der Waals surface area (Å²) in [5, 5.41) is 12.4. The molecule has 110 valence electrons. The smallest absolute Gasteiger partial charge is 0.323 e. The third kappa shape index (κ3) is 4.77. The Hall–Kier alpha value is -1.18. The molecule has 0 radical (unpaired) electrons. The lowest BCUT2D eigenvalue weighted by atomic mass is 10.2. The van der Waals surface area contributed by atoms with E-state index in [2.05, 4.69) is 10.1 Å². The van der Waals surface area contributed by atoms with Crippen molar-refractivity contribution >= 4 is 11.9 Å². The van der Waals surface area contributed by atoms with Crippen LogP contribution < -0.4 is 5.32 Å². The first-order chi connectivity index (χ1) is 8.97. The van der Waals surface area contributed by atoms with Gasteiger partial charge in [0, 0.05) is 26.1 Å². The van der Waals surface area contributed by atoms with Crippen molar-refractivity contribution in [1.82, 2.24) is 10.2 Å². The number of likely N-dealkylation sites (tertiary alicyclic amines) is 1. The molecule has 19 heavy (non-hydrogen) atoms. The molecule has 0 aliphatic carbocycles. The van der Waals surface area contributed by atoms with E-state index in [1.165, 1.54) is 7.11 Å². The van der Waals surface area contributed by atoms with Crippen LogP contribution >= 0.6 is 0 Å². The van der Waals surface area contributed by atoms with Crippen LogP contribution in [-0.4, -0.2) is 74.0 Å². The minimum atomic E-state index is -0.603. The first-order valence-electron chi connectivity index (χ1n) is 6.26. The molecule has 7 nitrogen and oxygen atoms in total. The number of hydrogen-bond donors (Lipinski definition) is 2. The van der Waals surface area contributed by atoms with Crippen LogP contribution in [0.5, 0.6) is 0 Å². The van der Waals surface area contributed by atoms with Crippen LogP contribution in [-0.2, 0) is 19.1 Å². The van der Waals surface area contributed by atoms with Gasteiger partial charge < -0.3 is 19.9 Å². The highest BCUT2D eigenvalue weighted by Crippen LogP contribution is 2.18. The summed E-state index contributed by atoms with van der Waals surface area (Å²) in [6, 6.07) is -0.648. The molecule has 3 unspecified atom stereocenters. The standard InChI is InChI=1S/C12H22N2O5/c1-8(7-18-2)13-11(16)6-14-5-9(15)4-10(14)12(17)19-3/h8-10,15H,4-7H2,1-3H3,(H,13,16). The van der Waals surface area contributed by atoms with Crippen LogP contribution in [0.1, 0.15) is 13.3 Å². The summed E-state index contributed by atoms with van der Waals surface area (Å²) in [5.74, 6) is -0.623. The summed E-state index contributed by atoms with van der Waals surface area (Å²) in [5.41, 5.74) is 0. The van der Waals surface area contributed by atoms with Crippen molar-refractivity contribution in [1.29, 1.82) is 0 Å². The first-order valence-corrected chi connectivity index (χ1v) is 6.26. The van der Waals surface area contributed by atoms with Gasteiger partial charge in [-0.15, -0.1) is 0 Å². The Morgan fingerprint density at radius 3 is 2.74 bits per heavy atom. The summed E-state index contributed by atoms with van der Waals surface area (Å²) in [6.07, 6.45) is -0.304. The quantitative estimate of drug-likeness (QED) is 0.588. The van der Waals surface area contributed by atoms with Crippen molar-refractivity contribution in [2.45, 2.75) is 31.5 Å². The fourth-order valence-electron chi connectivity index (χ4n) is 2.23. The molecule has 1 aliphatic heterocycles. The van der Waals surface area contributed by atoms with Crippen molar-refractivity contribution in [2.24, 2.45) is 0 Å². The van der Waals surface area contributed by atoms with Crippen molar-refractivity contribution in [2.75, 3.05) is 33.9 Å². The molecule has 0 bridgehead atoms. The summed E-state index contributed by atoms with van der Waals surface area (Å²) < 4.78 is 9.60. The molecule has 7 heteroatoms. The first kappa shape index (κ1) is 15.9. The van der Waals surface area contributed by atoms with Crippen LogP contribution in [0.4, 0.5) is 0 Å². The van der Waals surface area contributed by atoms with E-state index in [4.69, 9.17) is 4.74 Å². The van der Waals surface area contributed by atoms with Gasteiger partial charge in [-0.05, 0) is 6.92 Å². The zero-order valence-corrected chi connectivity index (χ0v) is 11.6. The van der Waals surface area contributed by atoms with E-state index in [9.17, 15) is 14.7 Å². The Morgan fingerprint density at radius 1 is 1.47 bits per heavy atom. The van der Waals surface area contributed by atoms with Gasteiger partial charge in [0.1, 0.15) is 6.04 Å². The van der Waals surface area contributed by atoms with Gasteiger partial charge in [-0.25, -0.2) is 0 Å². The number of aliphatic hydroxyl groups is 1. The molecule has 1 heterocycles. The molecule has 0 saturated carbocycles. The van der Waals surface area contributed by atoms with E-state index in [1.54, 1.807) is 12.0 Å². The van der Waals surface area contributed by atoms with E-state index >= 15 is 0 Å². The van der Waals surface area contributed by atoms with Crippen molar-refractivity contribution in [3.63, 3.8) is 0 Å². The van der Waals surface area contributed by atoms with Gasteiger partial charge in [-0.3, -0.25) is 14.5 Å². The SMILES string of the molecule is COCC(C)NC(=O)CN1CC(O)CC1C(=O)OC. The number of nitrogens with one attached hydrogen (secondary N) is 1. The van der Waals surface area contributed by atoms with Crippen molar-refractivity contribution in [3.05, 3.63) is 0 Å². The van der Waals surface area contributed by atoms with Crippen molar-refractivity contribution in [3.8, 4) is 0 Å². The second-order valence-corrected chi connectivity index (χ2v) is 4.78. The molecule has 1 fully saturated rings. The van der Waals surface area contributed by atoms with Gasteiger partial charge in [-0.2, -0.15) is 0 Å². The molecule has 3 atom stereocenters. The van der Waals surface area contributed by atoms with Crippen LogP contribution in [0, 0.1) is 0 Å². The molecule has 0 aromatic rings. The molecule has 1 saturated heterocycles. The van der Waals surface area contributed by atoms with Gasteiger partial charge in [0.2, 0.25) is 5.91 Å². The lowest BCUT2D eigenvalue weighted by molar-refractivity contribution is -0.146. The minimum Gasteiger partial charge on any atom is -0.468 e. The molecule has 2 N–H and O–H groups in total. The topological polar surface area (TPSA) is 88.1 Å². The highest BCUT2D eigenvalue weighted by Gasteiger charge is 2.37. The lowest BCUT2D eigenvalue weighted by Gasteiger charge is -2.22. The van der Waals surface area contributed by atoms with E-state index in [0.29, 0.717) is 19.6 Å². The average Bonchev–Trinajstić information content (AvgIpc) is 2.69. The maximum absolute atomic E-state index is 11.8. The highest BCUT2D eigenvalue weighted by molar-refractivity contribution is 5.81. The third-order valence-corrected chi connectivity index (χ3v) is 3.03. The minimum absolute atomic E-state index is 0.0604. The predicted molar refractivity (Wildman–Crippen MR) is 67.5 cm³/mol. The fourth-order valence-corrected chi connectivity index (χ4v) is 2.23. The molecular formula is C12H22N2O5. The van der Waals surface area contributed by atoms with Crippen LogP contribution in [0.2, 0.25) is 0 Å². The van der Waals surface area contributed by atoms with Crippen LogP contribution in [0.15, 0.2) is 0 Å². The number of rotatable bonds is 6. The number of β-amino-alcohol motifs (C(OH)–C–C–N with tert-alkyl or cyclic N) is 1. The Morgan fingerprint density at radius 2 is 2.16 bits per heavy atom. The monoisotopic (exact) mass is 274 g/mol. The van der Waals surface area contributed by atoms with Gasteiger partial charge in [0.15, 0.2) is 0 Å². The molecule has 0 spiro atoms. The zero-order chi connectivity index (χ0) is 14.4. The maximum atomic E-state index is 11.8. The highest BCUT2D eigenvalue weighted by atomic mass is 16.5. The van der Waals surface area contributed by atoms with E-state index in [-0.39, 0.29) is 18.5 Å². The summed E-state index contributed by atoms with van der Waals surface area (Å²) >= 11 is 0. The number of carbonyl (C=O) groups is 2. The van der Waals surface area contributed by atoms with Crippen LogP contribution in [0.25, 0.3) is 0 Å². The van der Waals surface area contributed by atoms with E-state index in [1.807, 2.05) is 6.92 Å². The molecule has 1 rings (SSSR count). The second-order valence-electron chi connectivity index (χ2n) is 4.78. The number of ether oxygens (including phenoxy) is 2. The van der Waals surface area contributed by atoms with Gasteiger partial charge in [0.25, 0.3) is 0 Å². The Bertz CT molecular complexity index is 323. The van der Waals surface area contributed by atoms with Gasteiger partial charge >= 0.3 is 5.97 Å². The molecule has 0 aromatic carbocycles. The summed E-state index contributed by atoms with van der Waals surface area (Å²) in [6.45, 7) is 2.61. The number of aliphatic hydroxyl groups excluding tert-OH is 1. The molecule has 0 aromatic heterocycles. The largest absolute Gasteiger partial charge is 0.468 e. The number of esters is 1. The normalized spacial score (nSPS) is 25.1. The number of carbonyl (C=O) groups excluding carboxylic acids is 2. The Kier molecular flexibility index (Phi) is 6.20. The van der Waals surface area contributed by atoms with E-state index in [0.717, 1.165) is 0 Å². The van der Waals surface area contributed by atoms with Crippen molar-refractivity contribution < 1.29 is 24.2 Å². The molecule has 1 aliphatic rings. The molecular weight excluding hydrogens is 252 g/mol. The number of methoxy groups -OCH3 is 2. The maximum Gasteiger partial charge on any atom is 0.323 e. The number of amides is 1. The number of hydrogen-bond acceptors (Lipinski definition) is 6. The van der Waals surface area contributed by atoms with Gasteiger partial charge in [0.05, 0.1) is 26.4 Å². The van der Waals surface area contributed by atoms with E-state index < -0.39 is 18.1 Å². The lowest BCUT2D eigenvalue weighted by Crippen LogP contribution is -2.46. The fraction of sp³-hybridized carbons (Fsp3) is 0.833. The summed E-state index contributed by atoms with van der Waals surface area (Å²) in [4.78, 5) is 25.0. The molecule has 1 amide bonds. The third-order valence-electron chi connectivity index (χ3n) is 3.03. The van der Waals surface area contributed by atoms with Gasteiger partial charge in [-0.1, -0.05) is 0 Å². The Labute approximate surface area is 112 Å². The predicted octanol–water partition coefficient (Wildman–Crippen LogP) is -1.25. The summed E-state index contributed by atoms with van der Waals surface area (Å²) in [7, 11) is 2.86. The second kappa shape index (κ2) is 7.42. The number of nitrogens with zero attached hydrogens (tertiary/aromatic N) is 1. The Balaban J connectivity index is 2.49.